The van der Waals surface area contributed by atoms with Crippen LogP contribution in [0.15, 0.2) is 54.6 Å². The summed E-state index contributed by atoms with van der Waals surface area (Å²) in [5, 5.41) is 3.66. The Bertz CT molecular complexity index is 957. The van der Waals surface area contributed by atoms with Gasteiger partial charge in [0.2, 0.25) is 5.91 Å². The van der Waals surface area contributed by atoms with E-state index in [0.717, 1.165) is 12.0 Å². The summed E-state index contributed by atoms with van der Waals surface area (Å²) >= 11 is 0. The lowest BCUT2D eigenvalue weighted by Gasteiger charge is -2.45. The minimum Gasteiger partial charge on any atom is -0.338 e. The van der Waals surface area contributed by atoms with Crippen molar-refractivity contribution in [1.29, 1.82) is 0 Å². The Kier molecular flexibility index (Phi) is 6.60. The van der Waals surface area contributed by atoms with E-state index in [0.29, 0.717) is 44.8 Å². The maximum atomic E-state index is 14.1. The predicted molar refractivity (Wildman–Crippen MR) is 123 cm³/mol. The average Bonchev–Trinajstić information content (AvgIpc) is 3.05. The van der Waals surface area contributed by atoms with Crippen molar-refractivity contribution in [2.45, 2.75) is 51.2 Å². The Labute approximate surface area is 189 Å². The fourth-order valence-electron chi connectivity index (χ4n) is 4.86. The van der Waals surface area contributed by atoms with Crippen molar-refractivity contribution in [3.05, 3.63) is 71.5 Å². The van der Waals surface area contributed by atoms with Gasteiger partial charge in [0.15, 0.2) is 0 Å². The minimum absolute atomic E-state index is 0.109. The minimum atomic E-state index is -0.492. The SMILES string of the molecule is CCC(C)CN1C(=O)C(Cc2ccccc2)NC12CCN(C(=O)c1ccccc1F)CC2. The number of benzene rings is 2. The van der Waals surface area contributed by atoms with E-state index in [1.54, 1.807) is 17.0 Å². The molecular formula is C26H32FN3O2. The van der Waals surface area contributed by atoms with Crippen molar-refractivity contribution >= 4 is 11.8 Å². The van der Waals surface area contributed by atoms with Gasteiger partial charge in [0, 0.05) is 32.5 Å². The number of rotatable bonds is 6. The molecule has 2 heterocycles. The molecule has 4 rings (SSSR count). The summed E-state index contributed by atoms with van der Waals surface area (Å²) in [6.45, 7) is 5.99. The Morgan fingerprint density at radius 3 is 2.44 bits per heavy atom. The summed E-state index contributed by atoms with van der Waals surface area (Å²) in [5.41, 5.74) is 0.787. The van der Waals surface area contributed by atoms with E-state index in [-0.39, 0.29) is 23.4 Å². The smallest absolute Gasteiger partial charge is 0.256 e. The number of nitrogens with zero attached hydrogens (tertiary/aromatic N) is 2. The quantitative estimate of drug-likeness (QED) is 0.747. The van der Waals surface area contributed by atoms with E-state index in [9.17, 15) is 14.0 Å². The van der Waals surface area contributed by atoms with Gasteiger partial charge in [-0.3, -0.25) is 14.9 Å². The standard InChI is InChI=1S/C26H32FN3O2/c1-3-19(2)18-30-25(32)23(17-20-9-5-4-6-10-20)28-26(30)13-15-29(16-14-26)24(31)21-11-7-8-12-22(21)27/h4-12,19,23,28H,3,13-18H2,1-2H3. The van der Waals surface area contributed by atoms with Gasteiger partial charge in [-0.2, -0.15) is 0 Å². The topological polar surface area (TPSA) is 52.7 Å². The summed E-state index contributed by atoms with van der Waals surface area (Å²) in [4.78, 5) is 30.1. The largest absolute Gasteiger partial charge is 0.338 e. The molecule has 170 valence electrons. The van der Waals surface area contributed by atoms with Crippen molar-refractivity contribution < 1.29 is 14.0 Å². The monoisotopic (exact) mass is 437 g/mol. The molecule has 2 atom stereocenters. The van der Waals surface area contributed by atoms with Crippen LogP contribution in [0.25, 0.3) is 0 Å². The fraction of sp³-hybridized carbons (Fsp3) is 0.462. The van der Waals surface area contributed by atoms with Crippen LogP contribution in [0.5, 0.6) is 0 Å². The molecule has 1 spiro atoms. The molecule has 0 aliphatic carbocycles. The zero-order chi connectivity index (χ0) is 22.7. The van der Waals surface area contributed by atoms with Crippen molar-refractivity contribution in [2.24, 2.45) is 5.92 Å². The van der Waals surface area contributed by atoms with Crippen molar-refractivity contribution in [2.75, 3.05) is 19.6 Å². The number of hydrogen-bond acceptors (Lipinski definition) is 3. The molecule has 6 heteroatoms. The van der Waals surface area contributed by atoms with Crippen molar-refractivity contribution in [1.82, 2.24) is 15.1 Å². The predicted octanol–water partition coefficient (Wildman–Crippen LogP) is 3.85. The van der Waals surface area contributed by atoms with Crippen LogP contribution < -0.4 is 5.32 Å². The van der Waals surface area contributed by atoms with Crippen LogP contribution in [0, 0.1) is 11.7 Å². The molecule has 5 nitrogen and oxygen atoms in total. The van der Waals surface area contributed by atoms with Crippen LogP contribution in [0.3, 0.4) is 0 Å². The van der Waals surface area contributed by atoms with Crippen LogP contribution in [0.1, 0.15) is 49.0 Å². The summed E-state index contributed by atoms with van der Waals surface area (Å²) in [6.07, 6.45) is 2.93. The van der Waals surface area contributed by atoms with E-state index in [2.05, 4.69) is 31.3 Å². The zero-order valence-electron chi connectivity index (χ0n) is 18.9. The molecule has 0 bridgehead atoms. The summed E-state index contributed by atoms with van der Waals surface area (Å²) < 4.78 is 14.1. The van der Waals surface area contributed by atoms with E-state index in [4.69, 9.17) is 0 Å². The molecule has 32 heavy (non-hydrogen) atoms. The van der Waals surface area contributed by atoms with Gasteiger partial charge in [-0.1, -0.05) is 62.7 Å². The fourth-order valence-corrected chi connectivity index (χ4v) is 4.86. The zero-order valence-corrected chi connectivity index (χ0v) is 18.9. The lowest BCUT2D eigenvalue weighted by molar-refractivity contribution is -0.134. The summed E-state index contributed by atoms with van der Waals surface area (Å²) in [7, 11) is 0. The van der Waals surface area contributed by atoms with Crippen molar-refractivity contribution in [3.8, 4) is 0 Å². The first-order chi connectivity index (χ1) is 15.4. The summed E-state index contributed by atoms with van der Waals surface area (Å²) in [5.74, 6) is -0.237. The highest BCUT2D eigenvalue weighted by atomic mass is 19.1. The lowest BCUT2D eigenvalue weighted by atomic mass is 9.94. The molecule has 0 radical (unpaired) electrons. The molecule has 0 saturated carbocycles. The van der Waals surface area contributed by atoms with Crippen molar-refractivity contribution in [3.63, 3.8) is 0 Å². The number of hydrogen-bond donors (Lipinski definition) is 1. The molecule has 2 aliphatic heterocycles. The maximum Gasteiger partial charge on any atom is 0.256 e. The maximum absolute atomic E-state index is 14.1. The highest BCUT2D eigenvalue weighted by Crippen LogP contribution is 2.35. The lowest BCUT2D eigenvalue weighted by Crippen LogP contribution is -2.60. The number of piperidine rings is 1. The van der Waals surface area contributed by atoms with Crippen LogP contribution in [0.2, 0.25) is 0 Å². The Balaban J connectivity index is 1.51. The number of nitrogens with one attached hydrogen (secondary N) is 1. The van der Waals surface area contributed by atoms with E-state index in [1.165, 1.54) is 12.1 Å². The first-order valence-corrected chi connectivity index (χ1v) is 11.6. The number of carbonyl (C=O) groups excluding carboxylic acids is 2. The number of carbonyl (C=O) groups is 2. The van der Waals surface area contributed by atoms with Gasteiger partial charge in [0.25, 0.3) is 5.91 Å². The molecule has 0 aromatic heterocycles. The normalized spacial score (nSPS) is 21.2. The highest BCUT2D eigenvalue weighted by Gasteiger charge is 2.51. The van der Waals surface area contributed by atoms with E-state index >= 15 is 0 Å². The Hall–Kier alpha value is -2.73. The van der Waals surface area contributed by atoms with Crippen LogP contribution in [0.4, 0.5) is 4.39 Å². The Morgan fingerprint density at radius 1 is 1.12 bits per heavy atom. The van der Waals surface area contributed by atoms with Gasteiger partial charge in [-0.25, -0.2) is 4.39 Å². The molecule has 2 unspecified atom stereocenters. The van der Waals surface area contributed by atoms with Gasteiger partial charge in [0.05, 0.1) is 17.3 Å². The van der Waals surface area contributed by atoms with Gasteiger partial charge < -0.3 is 9.80 Å². The molecular weight excluding hydrogens is 405 g/mol. The van der Waals surface area contributed by atoms with Gasteiger partial charge in [-0.05, 0) is 30.0 Å². The Morgan fingerprint density at radius 2 is 1.78 bits per heavy atom. The van der Waals surface area contributed by atoms with Crippen LogP contribution >= 0.6 is 0 Å². The third-order valence-corrected chi connectivity index (χ3v) is 6.98. The third kappa shape index (κ3) is 4.42. The van der Waals surface area contributed by atoms with Crippen LogP contribution in [-0.4, -0.2) is 53.0 Å². The van der Waals surface area contributed by atoms with Crippen LogP contribution in [-0.2, 0) is 11.2 Å². The van der Waals surface area contributed by atoms with E-state index in [1.807, 2.05) is 23.1 Å². The molecule has 2 amide bonds. The second kappa shape index (κ2) is 9.41. The first-order valence-electron chi connectivity index (χ1n) is 11.6. The molecule has 2 aliphatic rings. The van der Waals surface area contributed by atoms with E-state index < -0.39 is 11.5 Å². The van der Waals surface area contributed by atoms with Gasteiger partial charge in [0.1, 0.15) is 5.82 Å². The summed E-state index contributed by atoms with van der Waals surface area (Å²) in [6, 6.07) is 15.9. The number of likely N-dealkylation sites (tertiary alicyclic amines) is 1. The first kappa shape index (κ1) is 22.5. The number of halogens is 1. The highest BCUT2D eigenvalue weighted by molar-refractivity contribution is 5.94. The molecule has 2 fully saturated rings. The third-order valence-electron chi connectivity index (χ3n) is 6.98. The second-order valence-corrected chi connectivity index (χ2v) is 9.15. The molecule has 2 aromatic carbocycles. The molecule has 1 N–H and O–H groups in total. The molecule has 2 aromatic rings. The van der Waals surface area contributed by atoms with Gasteiger partial charge in [-0.15, -0.1) is 0 Å². The molecule has 2 saturated heterocycles. The number of amides is 2. The average molecular weight is 438 g/mol. The second-order valence-electron chi connectivity index (χ2n) is 9.15. The van der Waals surface area contributed by atoms with Gasteiger partial charge >= 0.3 is 0 Å².